The number of carbonyl (C=O) groups is 3. The highest BCUT2D eigenvalue weighted by atomic mass is 16.5. The lowest BCUT2D eigenvalue weighted by atomic mass is 9.32. The number of carboxylic acids is 1. The smallest absolute Gasteiger partial charge is 0.309 e. The van der Waals surface area contributed by atoms with Gasteiger partial charge in [-0.15, -0.1) is 0 Å². The predicted molar refractivity (Wildman–Crippen MR) is 230 cm³/mol. The lowest BCUT2D eigenvalue weighted by Gasteiger charge is -2.73. The van der Waals surface area contributed by atoms with Crippen molar-refractivity contribution in [1.82, 2.24) is 9.80 Å². The third kappa shape index (κ3) is 6.01. The van der Waals surface area contributed by atoms with Gasteiger partial charge in [0.15, 0.2) is 0 Å². The van der Waals surface area contributed by atoms with E-state index in [2.05, 4.69) is 51.3 Å². The second-order valence-corrected chi connectivity index (χ2v) is 25.5. The van der Waals surface area contributed by atoms with Gasteiger partial charge in [0.1, 0.15) is 6.10 Å². The number of carboxylic acid groups (broad SMARTS) is 1. The van der Waals surface area contributed by atoms with Gasteiger partial charge in [-0.05, 0) is 186 Å². The summed E-state index contributed by atoms with van der Waals surface area (Å²) in [7, 11) is 0. The van der Waals surface area contributed by atoms with Gasteiger partial charge in [-0.1, -0.05) is 55.4 Å². The van der Waals surface area contributed by atoms with Crippen LogP contribution in [0.1, 0.15) is 178 Å². The fraction of sp³-hybridized carbons (Fsp3) is 0.941. The van der Waals surface area contributed by atoms with Crippen LogP contribution in [0.3, 0.4) is 0 Å². The summed E-state index contributed by atoms with van der Waals surface area (Å²) in [6.07, 6.45) is 18.5. The van der Waals surface area contributed by atoms with E-state index in [0.717, 1.165) is 83.8 Å². The van der Waals surface area contributed by atoms with Gasteiger partial charge in [-0.3, -0.25) is 19.3 Å². The van der Waals surface area contributed by atoms with Crippen molar-refractivity contribution in [2.24, 2.45) is 79.3 Å². The molecule has 2 heterocycles. The average molecular weight is 819 g/mol. The Morgan fingerprint density at radius 1 is 0.695 bits per heavy atom. The molecule has 0 radical (unpaired) electrons. The monoisotopic (exact) mass is 819 g/mol. The number of esters is 1. The third-order valence-corrected chi connectivity index (χ3v) is 22.1. The SMILES string of the molecule is CC(C)(O)[C@@H]1CCCN1C[C@@H]1CCCN1C(=O)[C@]12CC[C@@H](C3(C)CC3)[C@@H]1[C@H]1CC[C@@H]3[C@@]4(C)CC[C@H](OC(=O)[C@H]5C[C@@H](C(=O)O)C5(C)C)C(C)(C)[C@@H]4CC[C@@]3(C)[C@]1(C)CC2. The Balaban J connectivity index is 0.964. The van der Waals surface area contributed by atoms with E-state index < -0.39 is 22.9 Å². The standard InChI is InChI=1S/C51H82N2O6/c1-44(2)34(41(54)55)29-35(44)42(56)59-39-19-20-48(8)36(45(39,3)4)18-21-50(10)37(48)16-15-33-40-32(47(7)23-24-47)17-22-51(40,26-25-49(33,50)9)43(57)53-28-11-13-31(53)30-52-27-12-14-38(52)46(5,6)58/h31-40,58H,11-30H2,1-10H3,(H,54,55)/t31-,32+,33+,34-,35+,36-,37+,38-,39-,40+,48-,49+,50+,51-/m0/s1. The maximum absolute atomic E-state index is 15.7. The number of ether oxygens (including phenoxy) is 1. The van der Waals surface area contributed by atoms with Crippen molar-refractivity contribution in [3.63, 3.8) is 0 Å². The topological polar surface area (TPSA) is 107 Å². The molecule has 0 aromatic heterocycles. The molecule has 7 aliphatic carbocycles. The Hall–Kier alpha value is -1.67. The minimum Gasteiger partial charge on any atom is -0.481 e. The summed E-state index contributed by atoms with van der Waals surface area (Å²) in [6.45, 7) is 25.9. The summed E-state index contributed by atoms with van der Waals surface area (Å²) in [5.41, 5.74) is -0.814. The fourth-order valence-electron chi connectivity index (χ4n) is 18.2. The van der Waals surface area contributed by atoms with Crippen molar-refractivity contribution >= 4 is 17.8 Å². The van der Waals surface area contributed by atoms with E-state index in [1.165, 1.54) is 38.5 Å². The molecule has 1 amide bonds. The van der Waals surface area contributed by atoms with Gasteiger partial charge >= 0.3 is 11.9 Å². The Kier molecular flexibility index (Phi) is 9.87. The summed E-state index contributed by atoms with van der Waals surface area (Å²) in [4.78, 5) is 46.1. The molecule has 59 heavy (non-hydrogen) atoms. The first kappa shape index (κ1) is 42.6. The molecule has 9 aliphatic rings. The summed E-state index contributed by atoms with van der Waals surface area (Å²) < 4.78 is 6.49. The first-order chi connectivity index (χ1) is 27.5. The molecule has 0 aromatic rings. The summed E-state index contributed by atoms with van der Waals surface area (Å²) in [6, 6.07) is 0.427. The summed E-state index contributed by atoms with van der Waals surface area (Å²) >= 11 is 0. The molecule has 0 aromatic carbocycles. The van der Waals surface area contributed by atoms with Gasteiger partial charge in [-0.25, -0.2) is 0 Å². The lowest BCUT2D eigenvalue weighted by Crippen LogP contribution is -2.68. The van der Waals surface area contributed by atoms with Crippen LogP contribution in [0.4, 0.5) is 0 Å². The number of fused-ring (bicyclic) bond motifs is 7. The number of hydrogen-bond acceptors (Lipinski definition) is 6. The van der Waals surface area contributed by atoms with Crippen molar-refractivity contribution < 1.29 is 29.3 Å². The quantitative estimate of drug-likeness (QED) is 0.235. The zero-order chi connectivity index (χ0) is 42.5. The molecule has 2 aliphatic heterocycles. The fourth-order valence-corrected chi connectivity index (χ4v) is 18.2. The van der Waals surface area contributed by atoms with Gasteiger partial charge in [-0.2, -0.15) is 0 Å². The summed E-state index contributed by atoms with van der Waals surface area (Å²) in [5.74, 6) is 1.39. The molecule has 9 fully saturated rings. The van der Waals surface area contributed by atoms with E-state index in [0.29, 0.717) is 47.3 Å². The van der Waals surface area contributed by atoms with E-state index in [1.807, 2.05) is 27.7 Å². The molecule has 14 atom stereocenters. The molecule has 2 N–H and O–H groups in total. The number of aliphatic carboxylic acids is 1. The van der Waals surface area contributed by atoms with Gasteiger partial charge in [0.05, 0.1) is 22.9 Å². The third-order valence-electron chi connectivity index (χ3n) is 22.1. The zero-order valence-corrected chi connectivity index (χ0v) is 38.8. The number of aliphatic hydroxyl groups is 1. The van der Waals surface area contributed by atoms with Crippen LogP contribution in [-0.2, 0) is 19.1 Å². The first-order valence-electron chi connectivity index (χ1n) is 24.7. The second kappa shape index (κ2) is 13.7. The van der Waals surface area contributed by atoms with Crippen LogP contribution < -0.4 is 0 Å². The highest BCUT2D eigenvalue weighted by Crippen LogP contribution is 2.79. The van der Waals surface area contributed by atoms with Crippen LogP contribution >= 0.6 is 0 Å². The largest absolute Gasteiger partial charge is 0.481 e. The summed E-state index contributed by atoms with van der Waals surface area (Å²) in [5, 5.41) is 20.8. The van der Waals surface area contributed by atoms with Crippen molar-refractivity contribution in [1.29, 1.82) is 0 Å². The zero-order valence-electron chi connectivity index (χ0n) is 38.8. The number of carbonyl (C=O) groups excluding carboxylic acids is 2. The molecule has 332 valence electrons. The van der Waals surface area contributed by atoms with Crippen LogP contribution in [0.15, 0.2) is 0 Å². The number of hydrogen-bond donors (Lipinski definition) is 2. The van der Waals surface area contributed by atoms with E-state index in [1.54, 1.807) is 0 Å². The average Bonchev–Trinajstić information content (AvgIpc) is 3.50. The molecule has 0 unspecified atom stereocenters. The molecule has 0 spiro atoms. The van der Waals surface area contributed by atoms with Crippen molar-refractivity contribution in [3.05, 3.63) is 0 Å². The van der Waals surface area contributed by atoms with Gasteiger partial charge < -0.3 is 19.8 Å². The van der Waals surface area contributed by atoms with Crippen molar-refractivity contribution in [2.75, 3.05) is 19.6 Å². The number of likely N-dealkylation sites (tertiary alicyclic amines) is 2. The Labute approximate surface area is 357 Å². The van der Waals surface area contributed by atoms with Crippen LogP contribution in [0, 0.1) is 79.3 Å². The van der Waals surface area contributed by atoms with Gasteiger partial charge in [0.2, 0.25) is 5.91 Å². The van der Waals surface area contributed by atoms with E-state index in [-0.39, 0.29) is 57.1 Å². The van der Waals surface area contributed by atoms with Gasteiger partial charge in [0.25, 0.3) is 0 Å². The Morgan fingerprint density at radius 2 is 1.41 bits per heavy atom. The Morgan fingerprint density at radius 3 is 2.07 bits per heavy atom. The van der Waals surface area contributed by atoms with Crippen LogP contribution in [0.25, 0.3) is 0 Å². The molecule has 8 nitrogen and oxygen atoms in total. The molecule has 0 bridgehead atoms. The molecule has 2 saturated heterocycles. The molecular formula is C51H82N2O6. The lowest BCUT2D eigenvalue weighted by molar-refractivity contribution is -0.253. The highest BCUT2D eigenvalue weighted by Gasteiger charge is 2.74. The maximum atomic E-state index is 15.7. The van der Waals surface area contributed by atoms with Crippen molar-refractivity contribution in [2.45, 2.75) is 202 Å². The van der Waals surface area contributed by atoms with Crippen LogP contribution in [-0.4, -0.2) is 81.3 Å². The number of nitrogens with zero attached hydrogens (tertiary/aromatic N) is 2. The maximum Gasteiger partial charge on any atom is 0.309 e. The molecule has 8 heteroatoms. The second-order valence-electron chi connectivity index (χ2n) is 25.5. The van der Waals surface area contributed by atoms with E-state index in [4.69, 9.17) is 4.74 Å². The van der Waals surface area contributed by atoms with Crippen LogP contribution in [0.5, 0.6) is 0 Å². The van der Waals surface area contributed by atoms with Crippen molar-refractivity contribution in [3.8, 4) is 0 Å². The minimum atomic E-state index is -0.808. The minimum absolute atomic E-state index is 0.148. The molecule has 7 saturated carbocycles. The number of rotatable bonds is 8. The number of amides is 1. The Bertz CT molecular complexity index is 1710. The predicted octanol–water partition coefficient (Wildman–Crippen LogP) is 9.75. The van der Waals surface area contributed by atoms with Crippen LogP contribution in [0.2, 0.25) is 0 Å². The van der Waals surface area contributed by atoms with E-state index in [9.17, 15) is 19.8 Å². The normalized spacial score (nSPS) is 48.2. The van der Waals surface area contributed by atoms with Gasteiger partial charge in [0, 0.05) is 30.6 Å². The molecular weight excluding hydrogens is 737 g/mol. The first-order valence-corrected chi connectivity index (χ1v) is 24.7. The highest BCUT2D eigenvalue weighted by molar-refractivity contribution is 5.84. The van der Waals surface area contributed by atoms with E-state index >= 15 is 4.79 Å². The molecule has 9 rings (SSSR count).